The molecule has 1 aromatic carbocycles. The van der Waals surface area contributed by atoms with Gasteiger partial charge in [-0.25, -0.2) is 0 Å². The first-order valence-electron chi connectivity index (χ1n) is 7.67. The number of carbonyl (C=O) groups is 1. The third kappa shape index (κ3) is 4.92. The molecule has 0 radical (unpaired) electrons. The zero-order valence-corrected chi connectivity index (χ0v) is 15.8. The first-order valence-corrected chi connectivity index (χ1v) is 8.83. The van der Waals surface area contributed by atoms with E-state index in [0.717, 1.165) is 48.9 Å². The molecule has 1 atom stereocenters. The van der Waals surface area contributed by atoms with Crippen LogP contribution in [-0.4, -0.2) is 50.1 Å². The molecule has 4 nitrogen and oxygen atoms in total. The number of rotatable bonds is 2. The molecule has 0 aliphatic carbocycles. The maximum absolute atomic E-state index is 12.7. The minimum Gasteiger partial charge on any atom is -0.373 e. The molecular weight excluding hydrogens is 353 g/mol. The van der Waals surface area contributed by atoms with Crippen LogP contribution >= 0.6 is 36.6 Å². The molecule has 2 aliphatic rings. The summed E-state index contributed by atoms with van der Waals surface area (Å²) >= 11 is 1.94. The van der Waals surface area contributed by atoms with E-state index in [2.05, 4.69) is 29.4 Å². The van der Waals surface area contributed by atoms with Gasteiger partial charge in [-0.3, -0.25) is 4.79 Å². The number of benzene rings is 1. The van der Waals surface area contributed by atoms with Gasteiger partial charge in [0.2, 0.25) is 5.91 Å². The second-order valence-electron chi connectivity index (χ2n) is 5.74. The van der Waals surface area contributed by atoms with Gasteiger partial charge in [-0.1, -0.05) is 12.1 Å². The van der Waals surface area contributed by atoms with Crippen LogP contribution in [0.25, 0.3) is 0 Å². The van der Waals surface area contributed by atoms with Gasteiger partial charge in [0, 0.05) is 50.7 Å². The predicted molar refractivity (Wildman–Crippen MR) is 105 cm³/mol. The number of thioether (sulfide) groups is 1. The number of halogens is 2. The van der Waals surface area contributed by atoms with E-state index in [1.54, 1.807) is 0 Å². The van der Waals surface area contributed by atoms with E-state index >= 15 is 0 Å². The van der Waals surface area contributed by atoms with Crippen molar-refractivity contribution >= 4 is 53.9 Å². The topological polar surface area (TPSA) is 35.6 Å². The smallest absolute Gasteiger partial charge is 0.228 e. The normalized spacial score (nSPS) is 20.7. The van der Waals surface area contributed by atoms with Crippen molar-refractivity contribution in [2.24, 2.45) is 0 Å². The van der Waals surface area contributed by atoms with Crippen LogP contribution in [0.3, 0.4) is 0 Å². The van der Waals surface area contributed by atoms with E-state index < -0.39 is 0 Å². The molecule has 1 saturated heterocycles. The molecule has 1 unspecified atom stereocenters. The van der Waals surface area contributed by atoms with Crippen molar-refractivity contribution in [1.82, 2.24) is 5.32 Å². The molecule has 1 N–H and O–H groups in total. The first kappa shape index (κ1) is 20.4. The van der Waals surface area contributed by atoms with Crippen molar-refractivity contribution in [2.75, 3.05) is 48.0 Å². The fourth-order valence-electron chi connectivity index (χ4n) is 3.05. The lowest BCUT2D eigenvalue weighted by Crippen LogP contribution is -2.43. The Morgan fingerprint density at radius 1 is 1.26 bits per heavy atom. The Hall–Kier alpha value is -0.620. The van der Waals surface area contributed by atoms with Crippen LogP contribution in [0.2, 0.25) is 0 Å². The van der Waals surface area contributed by atoms with Crippen LogP contribution in [0.5, 0.6) is 0 Å². The number of para-hydroxylation sites is 2. The highest BCUT2D eigenvalue weighted by Crippen LogP contribution is 2.31. The number of anilines is 2. The Labute approximate surface area is 155 Å². The van der Waals surface area contributed by atoms with E-state index in [-0.39, 0.29) is 30.7 Å². The first-order chi connectivity index (χ1) is 10.3. The van der Waals surface area contributed by atoms with Crippen LogP contribution in [0, 0.1) is 0 Å². The average Bonchev–Trinajstić information content (AvgIpc) is 2.68. The quantitative estimate of drug-likeness (QED) is 0.859. The van der Waals surface area contributed by atoms with Gasteiger partial charge >= 0.3 is 0 Å². The summed E-state index contributed by atoms with van der Waals surface area (Å²) in [5.74, 6) is 2.45. The van der Waals surface area contributed by atoms with Crippen molar-refractivity contribution in [1.29, 1.82) is 0 Å². The van der Waals surface area contributed by atoms with Crippen LogP contribution in [0.4, 0.5) is 11.4 Å². The minimum absolute atomic E-state index is 0. The van der Waals surface area contributed by atoms with Crippen LogP contribution < -0.4 is 15.1 Å². The number of hydrogen-bond acceptors (Lipinski definition) is 4. The molecule has 7 heteroatoms. The number of carbonyl (C=O) groups excluding carboxylic acids is 1. The van der Waals surface area contributed by atoms with E-state index in [1.807, 2.05) is 28.8 Å². The molecule has 2 aliphatic heterocycles. The highest BCUT2D eigenvalue weighted by Gasteiger charge is 2.25. The van der Waals surface area contributed by atoms with Gasteiger partial charge in [0.1, 0.15) is 0 Å². The maximum atomic E-state index is 12.7. The van der Waals surface area contributed by atoms with Crippen molar-refractivity contribution in [3.8, 4) is 0 Å². The number of hydrogen-bond donors (Lipinski definition) is 1. The summed E-state index contributed by atoms with van der Waals surface area (Å²) in [6.07, 6.45) is 1.62. The lowest BCUT2D eigenvalue weighted by molar-refractivity contribution is -0.119. The Balaban J connectivity index is 0.00000132. The molecule has 1 fully saturated rings. The van der Waals surface area contributed by atoms with Gasteiger partial charge in [-0.05, 0) is 18.6 Å². The van der Waals surface area contributed by atoms with Gasteiger partial charge in [-0.2, -0.15) is 11.8 Å². The second-order valence-corrected chi connectivity index (χ2v) is 6.89. The Bertz CT molecular complexity index is 512. The summed E-state index contributed by atoms with van der Waals surface area (Å²) in [6, 6.07) is 8.56. The lowest BCUT2D eigenvalue weighted by Gasteiger charge is -2.28. The van der Waals surface area contributed by atoms with E-state index in [1.165, 1.54) is 0 Å². The lowest BCUT2D eigenvalue weighted by atomic mass is 10.1. The third-order valence-electron chi connectivity index (χ3n) is 4.18. The van der Waals surface area contributed by atoms with Crippen molar-refractivity contribution < 1.29 is 4.79 Å². The monoisotopic (exact) mass is 377 g/mol. The van der Waals surface area contributed by atoms with Crippen LogP contribution in [0.15, 0.2) is 24.3 Å². The van der Waals surface area contributed by atoms with Crippen molar-refractivity contribution in [3.63, 3.8) is 0 Å². The van der Waals surface area contributed by atoms with Crippen molar-refractivity contribution in [2.45, 2.75) is 18.9 Å². The van der Waals surface area contributed by atoms with Gasteiger partial charge < -0.3 is 15.1 Å². The minimum atomic E-state index is 0. The molecular formula is C16H25Cl2N3OS. The molecule has 0 bridgehead atoms. The Kier molecular flexibility index (Phi) is 8.54. The third-order valence-corrected chi connectivity index (χ3v) is 5.31. The summed E-state index contributed by atoms with van der Waals surface area (Å²) in [5, 5.41) is 3.46. The molecule has 3 rings (SSSR count). The van der Waals surface area contributed by atoms with Crippen LogP contribution in [-0.2, 0) is 4.79 Å². The largest absolute Gasteiger partial charge is 0.373 e. The van der Waals surface area contributed by atoms with Crippen molar-refractivity contribution in [3.05, 3.63) is 24.3 Å². The number of amides is 1. The summed E-state index contributed by atoms with van der Waals surface area (Å²) < 4.78 is 0. The molecule has 1 aromatic rings. The Morgan fingerprint density at radius 2 is 2.00 bits per heavy atom. The SMILES string of the molecule is CN1CCCN(C(=O)CC2CSCCN2)c2ccccc21.Cl.Cl. The van der Waals surface area contributed by atoms with E-state index in [4.69, 9.17) is 0 Å². The highest BCUT2D eigenvalue weighted by atomic mass is 35.5. The molecule has 23 heavy (non-hydrogen) atoms. The average molecular weight is 378 g/mol. The summed E-state index contributed by atoms with van der Waals surface area (Å²) in [5.41, 5.74) is 2.22. The summed E-state index contributed by atoms with van der Waals surface area (Å²) in [7, 11) is 2.10. The summed E-state index contributed by atoms with van der Waals surface area (Å²) in [4.78, 5) is 17.0. The fraction of sp³-hybridized carbons (Fsp3) is 0.562. The Morgan fingerprint density at radius 3 is 2.70 bits per heavy atom. The molecule has 0 aromatic heterocycles. The number of nitrogens with zero attached hydrogens (tertiary/aromatic N) is 2. The maximum Gasteiger partial charge on any atom is 0.228 e. The van der Waals surface area contributed by atoms with Gasteiger partial charge in [-0.15, -0.1) is 24.8 Å². The highest BCUT2D eigenvalue weighted by molar-refractivity contribution is 7.99. The predicted octanol–water partition coefficient (Wildman–Crippen LogP) is 2.80. The molecule has 1 amide bonds. The molecule has 130 valence electrons. The summed E-state index contributed by atoms with van der Waals surface area (Å²) in [6.45, 7) is 2.83. The van der Waals surface area contributed by atoms with Gasteiger partial charge in [0.25, 0.3) is 0 Å². The molecule has 2 heterocycles. The number of nitrogens with one attached hydrogen (secondary N) is 1. The zero-order valence-electron chi connectivity index (χ0n) is 13.4. The second kappa shape index (κ2) is 9.62. The van der Waals surface area contributed by atoms with Gasteiger partial charge in [0.05, 0.1) is 11.4 Å². The number of fused-ring (bicyclic) bond motifs is 1. The molecule has 0 saturated carbocycles. The van der Waals surface area contributed by atoms with Crippen LogP contribution in [0.1, 0.15) is 12.8 Å². The molecule has 0 spiro atoms. The van der Waals surface area contributed by atoms with E-state index in [0.29, 0.717) is 12.5 Å². The fourth-order valence-corrected chi connectivity index (χ4v) is 4.00. The zero-order chi connectivity index (χ0) is 14.7. The van der Waals surface area contributed by atoms with E-state index in [9.17, 15) is 4.79 Å². The standard InChI is InChI=1S/C16H23N3OS.2ClH/c1-18-8-4-9-19(15-6-3-2-5-14(15)18)16(20)11-13-12-21-10-7-17-13;;/h2-3,5-6,13,17H,4,7-12H2,1H3;2*1H. The van der Waals surface area contributed by atoms with Gasteiger partial charge in [0.15, 0.2) is 0 Å².